The first kappa shape index (κ1) is 17.8. The van der Waals surface area contributed by atoms with Crippen LogP contribution in [0.3, 0.4) is 0 Å². The van der Waals surface area contributed by atoms with Gasteiger partial charge in [0.15, 0.2) is 0 Å². The summed E-state index contributed by atoms with van der Waals surface area (Å²) in [5, 5.41) is 0.753. The number of piperazine rings is 1. The highest BCUT2D eigenvalue weighted by Gasteiger charge is 2.52. The molecular formula is C20H26ClN3O2. The van der Waals surface area contributed by atoms with Gasteiger partial charge in [-0.2, -0.15) is 0 Å². The van der Waals surface area contributed by atoms with E-state index in [1.165, 1.54) is 16.2 Å². The van der Waals surface area contributed by atoms with E-state index in [9.17, 15) is 9.59 Å². The SMILES string of the molecule is Cc1ccc(Cl)cc1N1CCN(CN2C(=O)CC3(CCCC3)C2=O)CC1. The van der Waals surface area contributed by atoms with Crippen LogP contribution in [0.15, 0.2) is 18.2 Å². The maximum atomic E-state index is 12.8. The summed E-state index contributed by atoms with van der Waals surface area (Å²) in [6.45, 7) is 5.99. The van der Waals surface area contributed by atoms with Gasteiger partial charge in [0, 0.05) is 43.3 Å². The van der Waals surface area contributed by atoms with Crippen LogP contribution in [0.4, 0.5) is 5.69 Å². The quantitative estimate of drug-likeness (QED) is 0.762. The lowest BCUT2D eigenvalue weighted by Crippen LogP contribution is -2.51. The first-order valence-electron chi connectivity index (χ1n) is 9.57. The number of carbonyl (C=O) groups excluding carboxylic acids is 2. The molecule has 0 N–H and O–H groups in total. The highest BCUT2D eigenvalue weighted by atomic mass is 35.5. The lowest BCUT2D eigenvalue weighted by Gasteiger charge is -2.38. The predicted molar refractivity (Wildman–Crippen MR) is 102 cm³/mol. The summed E-state index contributed by atoms with van der Waals surface area (Å²) in [6, 6.07) is 5.98. The maximum Gasteiger partial charge on any atom is 0.237 e. The molecule has 1 aromatic carbocycles. The number of aryl methyl sites for hydroxylation is 1. The molecule has 2 aliphatic heterocycles. The number of rotatable bonds is 3. The van der Waals surface area contributed by atoms with Gasteiger partial charge in [-0.3, -0.25) is 19.4 Å². The maximum absolute atomic E-state index is 12.8. The van der Waals surface area contributed by atoms with Gasteiger partial charge in [-0.25, -0.2) is 0 Å². The third-order valence-corrected chi connectivity index (χ3v) is 6.51. The van der Waals surface area contributed by atoms with E-state index in [0.29, 0.717) is 13.1 Å². The summed E-state index contributed by atoms with van der Waals surface area (Å²) < 4.78 is 0. The molecule has 0 unspecified atom stereocenters. The molecule has 5 nitrogen and oxygen atoms in total. The second-order valence-corrected chi connectivity index (χ2v) is 8.40. The third kappa shape index (κ3) is 3.12. The number of amides is 2. The van der Waals surface area contributed by atoms with Gasteiger partial charge >= 0.3 is 0 Å². The molecule has 3 fully saturated rings. The number of anilines is 1. The highest BCUT2D eigenvalue weighted by molar-refractivity contribution is 6.30. The molecule has 1 aromatic rings. The van der Waals surface area contributed by atoms with Crippen molar-refractivity contribution in [2.75, 3.05) is 37.7 Å². The Morgan fingerprint density at radius 1 is 1.08 bits per heavy atom. The zero-order valence-corrected chi connectivity index (χ0v) is 16.1. The van der Waals surface area contributed by atoms with Gasteiger partial charge in [0.2, 0.25) is 11.8 Å². The molecule has 2 amide bonds. The molecule has 3 aliphatic rings. The van der Waals surface area contributed by atoms with Crippen molar-refractivity contribution in [3.8, 4) is 0 Å². The molecule has 26 heavy (non-hydrogen) atoms. The largest absolute Gasteiger partial charge is 0.369 e. The van der Waals surface area contributed by atoms with Crippen LogP contribution in [-0.2, 0) is 9.59 Å². The van der Waals surface area contributed by atoms with Gasteiger partial charge in [-0.15, -0.1) is 0 Å². The van der Waals surface area contributed by atoms with Gasteiger partial charge in [-0.05, 0) is 37.5 Å². The number of hydrogen-bond acceptors (Lipinski definition) is 4. The second kappa shape index (κ2) is 6.86. The first-order chi connectivity index (χ1) is 12.5. The summed E-state index contributed by atoms with van der Waals surface area (Å²) in [7, 11) is 0. The zero-order valence-electron chi connectivity index (χ0n) is 15.3. The molecule has 1 aliphatic carbocycles. The van der Waals surface area contributed by atoms with Gasteiger partial charge in [0.05, 0.1) is 12.1 Å². The van der Waals surface area contributed by atoms with Crippen LogP contribution >= 0.6 is 11.6 Å². The van der Waals surface area contributed by atoms with Gasteiger partial charge < -0.3 is 4.90 Å². The highest BCUT2D eigenvalue weighted by Crippen LogP contribution is 2.46. The van der Waals surface area contributed by atoms with Crippen molar-refractivity contribution < 1.29 is 9.59 Å². The summed E-state index contributed by atoms with van der Waals surface area (Å²) in [5.41, 5.74) is 2.03. The van der Waals surface area contributed by atoms with E-state index in [1.54, 1.807) is 0 Å². The molecule has 1 spiro atoms. The van der Waals surface area contributed by atoms with Crippen molar-refractivity contribution in [2.24, 2.45) is 5.41 Å². The average molecular weight is 376 g/mol. The standard InChI is InChI=1S/C20H26ClN3O2/c1-15-4-5-16(21)12-17(15)23-10-8-22(9-11-23)14-24-18(25)13-20(19(24)26)6-2-3-7-20/h4-5,12H,2-3,6-11,13-14H2,1H3. The van der Waals surface area contributed by atoms with Crippen molar-refractivity contribution >= 4 is 29.1 Å². The average Bonchev–Trinajstić information content (AvgIpc) is 3.19. The van der Waals surface area contributed by atoms with Crippen LogP contribution in [-0.4, -0.2) is 54.5 Å². The molecule has 2 heterocycles. The number of nitrogens with zero attached hydrogens (tertiary/aromatic N) is 3. The molecule has 4 rings (SSSR count). The van der Waals surface area contributed by atoms with E-state index in [0.717, 1.165) is 56.9 Å². The molecular weight excluding hydrogens is 350 g/mol. The van der Waals surface area contributed by atoms with E-state index < -0.39 is 0 Å². The third-order valence-electron chi connectivity index (χ3n) is 6.28. The molecule has 0 atom stereocenters. The smallest absolute Gasteiger partial charge is 0.237 e. The van der Waals surface area contributed by atoms with Crippen LogP contribution < -0.4 is 4.90 Å². The van der Waals surface area contributed by atoms with Gasteiger partial charge in [0.1, 0.15) is 0 Å². The topological polar surface area (TPSA) is 43.9 Å². The Balaban J connectivity index is 1.38. The molecule has 1 saturated carbocycles. The van der Waals surface area contributed by atoms with Crippen LogP contribution in [0.5, 0.6) is 0 Å². The molecule has 0 radical (unpaired) electrons. The number of carbonyl (C=O) groups is 2. The number of likely N-dealkylation sites (tertiary alicyclic amines) is 1. The van der Waals surface area contributed by atoms with E-state index in [1.807, 2.05) is 18.2 Å². The monoisotopic (exact) mass is 375 g/mol. The minimum absolute atomic E-state index is 0.0185. The summed E-state index contributed by atoms with van der Waals surface area (Å²) in [5.74, 6) is 0.0955. The summed E-state index contributed by atoms with van der Waals surface area (Å²) in [4.78, 5) is 31.4. The Bertz CT molecular complexity index is 722. The fourth-order valence-corrected chi connectivity index (χ4v) is 4.87. The first-order valence-corrected chi connectivity index (χ1v) is 9.95. The fraction of sp³-hybridized carbons (Fsp3) is 0.600. The molecule has 6 heteroatoms. The van der Waals surface area contributed by atoms with E-state index in [4.69, 9.17) is 11.6 Å². The number of hydrogen-bond donors (Lipinski definition) is 0. The molecule has 0 aromatic heterocycles. The minimum atomic E-state index is -0.364. The Labute approximate surface area is 159 Å². The molecule has 2 saturated heterocycles. The number of imide groups is 1. The minimum Gasteiger partial charge on any atom is -0.369 e. The Hall–Kier alpha value is -1.59. The lowest BCUT2D eigenvalue weighted by molar-refractivity contribution is -0.143. The normalized spacial score (nSPS) is 23.5. The second-order valence-electron chi connectivity index (χ2n) is 7.97. The number of benzene rings is 1. The van der Waals surface area contributed by atoms with Crippen molar-refractivity contribution in [3.05, 3.63) is 28.8 Å². The predicted octanol–water partition coefficient (Wildman–Crippen LogP) is 3.05. The van der Waals surface area contributed by atoms with Crippen LogP contribution in [0, 0.1) is 12.3 Å². The van der Waals surface area contributed by atoms with E-state index in [2.05, 4.69) is 16.7 Å². The van der Waals surface area contributed by atoms with Crippen molar-refractivity contribution in [3.63, 3.8) is 0 Å². The lowest BCUT2D eigenvalue weighted by atomic mass is 9.85. The molecule has 0 bridgehead atoms. The van der Waals surface area contributed by atoms with Crippen molar-refractivity contribution in [2.45, 2.75) is 39.0 Å². The summed E-state index contributed by atoms with van der Waals surface area (Å²) >= 11 is 6.15. The van der Waals surface area contributed by atoms with Crippen LogP contribution in [0.1, 0.15) is 37.7 Å². The zero-order chi connectivity index (χ0) is 18.3. The van der Waals surface area contributed by atoms with Crippen molar-refractivity contribution in [1.29, 1.82) is 0 Å². The Kier molecular flexibility index (Phi) is 4.70. The van der Waals surface area contributed by atoms with E-state index >= 15 is 0 Å². The van der Waals surface area contributed by atoms with E-state index in [-0.39, 0.29) is 17.2 Å². The van der Waals surface area contributed by atoms with Gasteiger partial charge in [0.25, 0.3) is 0 Å². The van der Waals surface area contributed by atoms with Crippen LogP contribution in [0.25, 0.3) is 0 Å². The van der Waals surface area contributed by atoms with Crippen molar-refractivity contribution in [1.82, 2.24) is 9.80 Å². The Morgan fingerprint density at radius 3 is 2.46 bits per heavy atom. The fourth-order valence-electron chi connectivity index (χ4n) is 4.70. The summed E-state index contributed by atoms with van der Waals surface area (Å²) in [6.07, 6.45) is 4.34. The van der Waals surface area contributed by atoms with Crippen LogP contribution in [0.2, 0.25) is 5.02 Å². The molecule has 140 valence electrons. The Morgan fingerprint density at radius 2 is 1.77 bits per heavy atom. The number of halogens is 1. The van der Waals surface area contributed by atoms with Gasteiger partial charge in [-0.1, -0.05) is 30.5 Å².